The van der Waals surface area contributed by atoms with Crippen LogP contribution in [0.3, 0.4) is 0 Å². The molecule has 1 aromatic carbocycles. The molecule has 0 amide bonds. The van der Waals surface area contributed by atoms with Crippen molar-refractivity contribution in [1.82, 2.24) is 10.2 Å². The van der Waals surface area contributed by atoms with Gasteiger partial charge in [-0.15, -0.1) is 0 Å². The third-order valence-electron chi connectivity index (χ3n) is 4.23. The molecule has 1 N–H and O–H groups in total. The highest BCUT2D eigenvalue weighted by molar-refractivity contribution is 5.33. The van der Waals surface area contributed by atoms with Gasteiger partial charge in [-0.05, 0) is 26.0 Å². The van der Waals surface area contributed by atoms with E-state index in [0.29, 0.717) is 6.61 Å². The summed E-state index contributed by atoms with van der Waals surface area (Å²) in [7, 11) is 2.25. The molecule has 3 heteroatoms. The van der Waals surface area contributed by atoms with Crippen LogP contribution in [0, 0.1) is 0 Å². The van der Waals surface area contributed by atoms with E-state index in [1.54, 1.807) is 6.08 Å². The lowest BCUT2D eigenvalue weighted by Crippen LogP contribution is -2.35. The van der Waals surface area contributed by atoms with Crippen LogP contribution in [-0.2, 0) is 6.54 Å². The molecule has 0 atom stereocenters. The van der Waals surface area contributed by atoms with Crippen molar-refractivity contribution in [3.05, 3.63) is 42.5 Å². The third kappa shape index (κ3) is 5.18. The van der Waals surface area contributed by atoms with Gasteiger partial charge in [0.05, 0.1) is 0 Å². The van der Waals surface area contributed by atoms with Crippen molar-refractivity contribution in [2.24, 2.45) is 0 Å². The summed E-state index contributed by atoms with van der Waals surface area (Å²) >= 11 is 0. The van der Waals surface area contributed by atoms with Crippen LogP contribution in [0.15, 0.2) is 36.9 Å². The lowest BCUT2D eigenvalue weighted by Gasteiger charge is -2.24. The number of nitrogens with one attached hydrogen (secondary N) is 1. The average molecular weight is 288 g/mol. The van der Waals surface area contributed by atoms with Crippen LogP contribution in [0.1, 0.15) is 31.2 Å². The third-order valence-corrected chi connectivity index (χ3v) is 4.23. The molecule has 1 aliphatic rings. The van der Waals surface area contributed by atoms with E-state index in [-0.39, 0.29) is 0 Å². The molecule has 0 unspecified atom stereocenters. The van der Waals surface area contributed by atoms with Crippen molar-refractivity contribution in [1.29, 1.82) is 0 Å². The van der Waals surface area contributed by atoms with Crippen LogP contribution in [-0.4, -0.2) is 37.7 Å². The maximum absolute atomic E-state index is 5.68. The summed E-state index contributed by atoms with van der Waals surface area (Å²) in [4.78, 5) is 2.50. The zero-order valence-corrected chi connectivity index (χ0v) is 13.2. The van der Waals surface area contributed by atoms with E-state index in [2.05, 4.69) is 36.0 Å². The van der Waals surface area contributed by atoms with E-state index in [1.165, 1.54) is 31.2 Å². The van der Waals surface area contributed by atoms with Gasteiger partial charge < -0.3 is 15.0 Å². The fraction of sp³-hybridized carbons (Fsp3) is 0.556. The minimum absolute atomic E-state index is 0.557. The number of rotatable bonds is 9. The van der Waals surface area contributed by atoms with Crippen LogP contribution < -0.4 is 10.1 Å². The average Bonchev–Trinajstić information content (AvgIpc) is 3.04. The maximum atomic E-state index is 5.68. The first-order chi connectivity index (χ1) is 10.3. The molecular weight excluding hydrogens is 260 g/mol. The standard InChI is InChI=1S/C18H28N2O/c1-3-14-21-18-11-7-4-8-16(18)15-19-12-13-20(2)17-9-5-6-10-17/h3-4,7-8,11,17,19H,1,5-6,9-10,12-15H2,2H3. The summed E-state index contributed by atoms with van der Waals surface area (Å²) in [5, 5.41) is 3.53. The first kappa shape index (κ1) is 16.1. The second-order valence-corrected chi connectivity index (χ2v) is 5.80. The summed E-state index contributed by atoms with van der Waals surface area (Å²) in [6.45, 7) is 7.23. The normalized spacial score (nSPS) is 15.5. The predicted octanol–water partition coefficient (Wildman–Crippen LogP) is 3.22. The topological polar surface area (TPSA) is 24.5 Å². The second-order valence-electron chi connectivity index (χ2n) is 5.80. The monoisotopic (exact) mass is 288 g/mol. The van der Waals surface area contributed by atoms with Crippen LogP contribution in [0.2, 0.25) is 0 Å². The van der Waals surface area contributed by atoms with Gasteiger partial charge in [-0.1, -0.05) is 43.7 Å². The van der Waals surface area contributed by atoms with Gasteiger partial charge >= 0.3 is 0 Å². The van der Waals surface area contributed by atoms with Gasteiger partial charge in [0.25, 0.3) is 0 Å². The lowest BCUT2D eigenvalue weighted by molar-refractivity contribution is 0.245. The number of ether oxygens (including phenoxy) is 1. The van der Waals surface area contributed by atoms with Crippen LogP contribution in [0.25, 0.3) is 0 Å². The largest absolute Gasteiger partial charge is 0.489 e. The molecule has 2 rings (SSSR count). The first-order valence-corrected chi connectivity index (χ1v) is 8.04. The van der Waals surface area contributed by atoms with Gasteiger partial charge in [-0.25, -0.2) is 0 Å². The molecule has 3 nitrogen and oxygen atoms in total. The van der Waals surface area contributed by atoms with Crippen molar-refractivity contribution in [2.75, 3.05) is 26.7 Å². The van der Waals surface area contributed by atoms with E-state index >= 15 is 0 Å². The zero-order chi connectivity index (χ0) is 14.9. The number of para-hydroxylation sites is 1. The van der Waals surface area contributed by atoms with Crippen LogP contribution >= 0.6 is 0 Å². The van der Waals surface area contributed by atoms with Gasteiger partial charge in [-0.2, -0.15) is 0 Å². The Balaban J connectivity index is 1.71. The summed E-state index contributed by atoms with van der Waals surface area (Å²) in [5.74, 6) is 0.953. The molecule has 1 fully saturated rings. The molecule has 0 bridgehead atoms. The summed E-state index contributed by atoms with van der Waals surface area (Å²) < 4.78 is 5.68. The van der Waals surface area contributed by atoms with Gasteiger partial charge in [0, 0.05) is 31.2 Å². The highest BCUT2D eigenvalue weighted by Gasteiger charge is 2.18. The van der Waals surface area contributed by atoms with E-state index in [1.807, 2.05) is 12.1 Å². The Labute approximate surface area is 129 Å². The number of hydrogen-bond donors (Lipinski definition) is 1. The number of nitrogens with zero attached hydrogens (tertiary/aromatic N) is 1. The highest BCUT2D eigenvalue weighted by atomic mass is 16.5. The van der Waals surface area contributed by atoms with Crippen molar-refractivity contribution in [3.63, 3.8) is 0 Å². The molecule has 1 saturated carbocycles. The van der Waals surface area contributed by atoms with Gasteiger partial charge in [0.15, 0.2) is 0 Å². The Morgan fingerprint density at radius 2 is 2.10 bits per heavy atom. The van der Waals surface area contributed by atoms with E-state index < -0.39 is 0 Å². The van der Waals surface area contributed by atoms with Crippen LogP contribution in [0.5, 0.6) is 5.75 Å². The predicted molar refractivity (Wildman–Crippen MR) is 88.7 cm³/mol. The minimum Gasteiger partial charge on any atom is -0.489 e. The molecule has 0 spiro atoms. The fourth-order valence-electron chi connectivity index (χ4n) is 2.95. The molecule has 0 aliphatic heterocycles. The van der Waals surface area contributed by atoms with Crippen molar-refractivity contribution < 1.29 is 4.74 Å². The molecule has 1 aromatic rings. The van der Waals surface area contributed by atoms with E-state index in [9.17, 15) is 0 Å². The van der Waals surface area contributed by atoms with Crippen LogP contribution in [0.4, 0.5) is 0 Å². The summed E-state index contributed by atoms with van der Waals surface area (Å²) in [6, 6.07) is 9.00. The Bertz CT molecular complexity index is 427. The minimum atomic E-state index is 0.557. The zero-order valence-electron chi connectivity index (χ0n) is 13.2. The van der Waals surface area contributed by atoms with E-state index in [4.69, 9.17) is 4.74 Å². The molecule has 1 aliphatic carbocycles. The van der Waals surface area contributed by atoms with Crippen molar-refractivity contribution in [2.45, 2.75) is 38.3 Å². The Kier molecular flexibility index (Phi) is 6.77. The molecule has 116 valence electrons. The van der Waals surface area contributed by atoms with Crippen molar-refractivity contribution >= 4 is 0 Å². The van der Waals surface area contributed by atoms with Gasteiger partial charge in [-0.3, -0.25) is 0 Å². The van der Waals surface area contributed by atoms with E-state index in [0.717, 1.165) is 31.4 Å². The Morgan fingerprint density at radius 3 is 2.86 bits per heavy atom. The first-order valence-electron chi connectivity index (χ1n) is 8.04. The van der Waals surface area contributed by atoms with Gasteiger partial charge in [0.2, 0.25) is 0 Å². The Morgan fingerprint density at radius 1 is 1.33 bits per heavy atom. The van der Waals surface area contributed by atoms with Gasteiger partial charge in [0.1, 0.15) is 12.4 Å². The van der Waals surface area contributed by atoms with Crippen molar-refractivity contribution in [3.8, 4) is 5.75 Å². The number of hydrogen-bond acceptors (Lipinski definition) is 3. The quantitative estimate of drug-likeness (QED) is 0.558. The fourth-order valence-corrected chi connectivity index (χ4v) is 2.95. The summed E-state index contributed by atoms with van der Waals surface area (Å²) in [5.41, 5.74) is 1.21. The molecular formula is C18H28N2O. The Hall–Kier alpha value is -1.32. The lowest BCUT2D eigenvalue weighted by atomic mass is 10.2. The number of benzene rings is 1. The smallest absolute Gasteiger partial charge is 0.124 e. The molecule has 0 aromatic heterocycles. The molecule has 21 heavy (non-hydrogen) atoms. The number of likely N-dealkylation sites (N-methyl/N-ethyl adjacent to an activating group) is 1. The SMILES string of the molecule is C=CCOc1ccccc1CNCCN(C)C1CCCC1. The summed E-state index contributed by atoms with van der Waals surface area (Å²) in [6.07, 6.45) is 7.32. The highest BCUT2D eigenvalue weighted by Crippen LogP contribution is 2.22. The molecule has 0 saturated heterocycles. The maximum Gasteiger partial charge on any atom is 0.124 e. The molecule has 0 heterocycles. The second kappa shape index (κ2) is 8.85. The molecule has 0 radical (unpaired) electrons.